The second-order valence-corrected chi connectivity index (χ2v) is 4.87. The molecule has 15 heavy (non-hydrogen) atoms. The topological polar surface area (TPSA) is 66.4 Å². The molecule has 0 heterocycles. The quantitative estimate of drug-likeness (QED) is 0.747. The Morgan fingerprint density at radius 1 is 1.40 bits per heavy atom. The Labute approximate surface area is 93.8 Å². The molecule has 1 aliphatic carbocycles. The lowest BCUT2D eigenvalue weighted by molar-refractivity contribution is -0.147. The summed E-state index contributed by atoms with van der Waals surface area (Å²) in [5, 5.41) is 11.8. The first kappa shape index (κ1) is 12.4. The fourth-order valence-electron chi connectivity index (χ4n) is 1.90. The molecule has 0 radical (unpaired) electrons. The molecule has 1 amide bonds. The van der Waals surface area contributed by atoms with Crippen molar-refractivity contribution in [2.75, 3.05) is 12.0 Å². The van der Waals surface area contributed by atoms with Crippen LogP contribution in [0.3, 0.4) is 0 Å². The van der Waals surface area contributed by atoms with Crippen LogP contribution < -0.4 is 5.32 Å². The van der Waals surface area contributed by atoms with Crippen molar-refractivity contribution in [2.45, 2.75) is 37.6 Å². The number of hydrogen-bond donors (Lipinski definition) is 2. The molecule has 0 unspecified atom stereocenters. The summed E-state index contributed by atoms with van der Waals surface area (Å²) in [7, 11) is 0. The zero-order chi connectivity index (χ0) is 11.3. The summed E-state index contributed by atoms with van der Waals surface area (Å²) in [6.45, 7) is 0. The Morgan fingerprint density at radius 2 is 2.00 bits per heavy atom. The second-order valence-electron chi connectivity index (χ2n) is 3.89. The van der Waals surface area contributed by atoms with Gasteiger partial charge in [-0.15, -0.1) is 0 Å². The van der Waals surface area contributed by atoms with E-state index in [1.807, 2.05) is 6.26 Å². The summed E-state index contributed by atoms with van der Waals surface area (Å²) in [4.78, 5) is 22.6. The first-order valence-electron chi connectivity index (χ1n) is 5.14. The maximum absolute atomic E-state index is 11.5. The van der Waals surface area contributed by atoms with Gasteiger partial charge in [-0.3, -0.25) is 4.79 Å². The average Bonchev–Trinajstić information content (AvgIpc) is 2.64. The van der Waals surface area contributed by atoms with Crippen LogP contribution in [-0.2, 0) is 9.59 Å². The van der Waals surface area contributed by atoms with Gasteiger partial charge in [0.15, 0.2) is 0 Å². The minimum absolute atomic E-state index is 0.145. The Balaban J connectivity index is 2.52. The molecular weight excluding hydrogens is 214 g/mol. The largest absolute Gasteiger partial charge is 0.480 e. The van der Waals surface area contributed by atoms with Crippen molar-refractivity contribution in [3.05, 3.63) is 0 Å². The summed E-state index contributed by atoms with van der Waals surface area (Å²) in [6.07, 6.45) is 5.22. The molecule has 0 saturated heterocycles. The molecule has 2 N–H and O–H groups in total. The minimum atomic E-state index is -0.977. The van der Waals surface area contributed by atoms with Gasteiger partial charge in [-0.25, -0.2) is 4.79 Å². The van der Waals surface area contributed by atoms with Crippen LogP contribution in [0.4, 0.5) is 0 Å². The lowest BCUT2D eigenvalue weighted by atomic mass is 9.98. The molecule has 0 aromatic carbocycles. The van der Waals surface area contributed by atoms with Crippen molar-refractivity contribution in [2.24, 2.45) is 0 Å². The van der Waals surface area contributed by atoms with E-state index in [-0.39, 0.29) is 5.91 Å². The van der Waals surface area contributed by atoms with E-state index in [1.165, 1.54) is 0 Å². The molecular formula is C10H17NO3S. The lowest BCUT2D eigenvalue weighted by Crippen LogP contribution is -2.52. The standard InChI is InChI=1S/C10H17NO3S/c1-15-7-4-8(12)11-10(9(13)14)5-2-3-6-10/h2-7H2,1H3,(H,11,12)(H,13,14). The van der Waals surface area contributed by atoms with Crippen LogP contribution in [0.2, 0.25) is 0 Å². The number of nitrogens with one attached hydrogen (secondary N) is 1. The minimum Gasteiger partial charge on any atom is -0.480 e. The molecule has 0 bridgehead atoms. The second kappa shape index (κ2) is 5.39. The van der Waals surface area contributed by atoms with Gasteiger partial charge in [0, 0.05) is 12.2 Å². The molecule has 1 rings (SSSR count). The molecule has 1 aliphatic rings. The van der Waals surface area contributed by atoms with Gasteiger partial charge in [-0.1, -0.05) is 12.8 Å². The predicted molar refractivity (Wildman–Crippen MR) is 60.0 cm³/mol. The first-order chi connectivity index (χ1) is 7.10. The zero-order valence-electron chi connectivity index (χ0n) is 8.91. The van der Waals surface area contributed by atoms with Gasteiger partial charge in [-0.05, 0) is 19.1 Å². The van der Waals surface area contributed by atoms with Crippen molar-refractivity contribution in [1.82, 2.24) is 5.32 Å². The summed E-state index contributed by atoms with van der Waals surface area (Å²) in [6, 6.07) is 0. The van der Waals surface area contributed by atoms with E-state index < -0.39 is 11.5 Å². The highest BCUT2D eigenvalue weighted by Gasteiger charge is 2.42. The van der Waals surface area contributed by atoms with Crippen LogP contribution in [0.5, 0.6) is 0 Å². The van der Waals surface area contributed by atoms with E-state index in [0.29, 0.717) is 19.3 Å². The van der Waals surface area contributed by atoms with Gasteiger partial charge in [0.2, 0.25) is 5.91 Å². The third kappa shape index (κ3) is 3.12. The van der Waals surface area contributed by atoms with Crippen molar-refractivity contribution >= 4 is 23.6 Å². The molecule has 4 nitrogen and oxygen atoms in total. The number of thioether (sulfide) groups is 1. The van der Waals surface area contributed by atoms with Gasteiger partial charge in [0.05, 0.1) is 0 Å². The number of amides is 1. The number of carbonyl (C=O) groups excluding carboxylic acids is 1. The Kier molecular flexibility index (Phi) is 4.45. The molecule has 0 atom stereocenters. The third-order valence-corrected chi connectivity index (χ3v) is 3.39. The van der Waals surface area contributed by atoms with Gasteiger partial charge in [0.25, 0.3) is 0 Å². The van der Waals surface area contributed by atoms with Crippen LogP contribution in [0.1, 0.15) is 32.1 Å². The number of aliphatic carboxylic acids is 1. The van der Waals surface area contributed by atoms with Gasteiger partial charge in [0.1, 0.15) is 5.54 Å². The Bertz CT molecular complexity index is 249. The number of carboxylic acid groups (broad SMARTS) is 1. The number of carbonyl (C=O) groups is 2. The highest BCUT2D eigenvalue weighted by molar-refractivity contribution is 7.98. The van der Waals surface area contributed by atoms with E-state index in [9.17, 15) is 9.59 Å². The Morgan fingerprint density at radius 3 is 2.47 bits per heavy atom. The SMILES string of the molecule is CSCCC(=O)NC1(C(=O)O)CCCC1. The highest BCUT2D eigenvalue weighted by Crippen LogP contribution is 2.29. The number of carboxylic acids is 1. The van der Waals surface area contributed by atoms with Crippen LogP contribution >= 0.6 is 11.8 Å². The van der Waals surface area contributed by atoms with Crippen LogP contribution in [0, 0.1) is 0 Å². The summed E-state index contributed by atoms with van der Waals surface area (Å²) < 4.78 is 0. The monoisotopic (exact) mass is 231 g/mol. The Hall–Kier alpha value is -0.710. The molecule has 0 aromatic heterocycles. The van der Waals surface area contributed by atoms with Crippen LogP contribution in [0.25, 0.3) is 0 Å². The lowest BCUT2D eigenvalue weighted by Gasteiger charge is -2.25. The molecule has 0 aromatic rings. The summed E-state index contributed by atoms with van der Waals surface area (Å²) >= 11 is 1.59. The van der Waals surface area contributed by atoms with E-state index in [0.717, 1.165) is 18.6 Å². The van der Waals surface area contributed by atoms with E-state index in [1.54, 1.807) is 11.8 Å². The fourth-order valence-corrected chi connectivity index (χ4v) is 2.28. The molecule has 1 saturated carbocycles. The van der Waals surface area contributed by atoms with Gasteiger partial charge >= 0.3 is 5.97 Å². The maximum Gasteiger partial charge on any atom is 0.329 e. The average molecular weight is 231 g/mol. The van der Waals surface area contributed by atoms with Crippen LogP contribution in [-0.4, -0.2) is 34.5 Å². The predicted octanol–water partition coefficient (Wildman–Crippen LogP) is 1.25. The molecule has 86 valence electrons. The number of rotatable bonds is 5. The van der Waals surface area contributed by atoms with Gasteiger partial charge < -0.3 is 10.4 Å². The molecule has 0 spiro atoms. The fraction of sp³-hybridized carbons (Fsp3) is 0.800. The molecule has 0 aliphatic heterocycles. The van der Waals surface area contributed by atoms with Crippen LogP contribution in [0.15, 0.2) is 0 Å². The smallest absolute Gasteiger partial charge is 0.329 e. The van der Waals surface area contributed by atoms with E-state index in [4.69, 9.17) is 5.11 Å². The molecule has 5 heteroatoms. The summed E-state index contributed by atoms with van der Waals surface area (Å²) in [5.41, 5.74) is -0.977. The van der Waals surface area contributed by atoms with E-state index >= 15 is 0 Å². The normalized spacial score (nSPS) is 18.7. The van der Waals surface area contributed by atoms with Gasteiger partial charge in [-0.2, -0.15) is 11.8 Å². The highest BCUT2D eigenvalue weighted by atomic mass is 32.2. The summed E-state index contributed by atoms with van der Waals surface area (Å²) in [5.74, 6) is -0.298. The van der Waals surface area contributed by atoms with Crippen molar-refractivity contribution < 1.29 is 14.7 Å². The zero-order valence-corrected chi connectivity index (χ0v) is 9.73. The third-order valence-electron chi connectivity index (χ3n) is 2.78. The maximum atomic E-state index is 11.5. The molecule has 1 fully saturated rings. The van der Waals surface area contributed by atoms with E-state index in [2.05, 4.69) is 5.32 Å². The number of hydrogen-bond acceptors (Lipinski definition) is 3. The van der Waals surface area contributed by atoms with Crippen molar-refractivity contribution in [1.29, 1.82) is 0 Å². The first-order valence-corrected chi connectivity index (χ1v) is 6.53. The van der Waals surface area contributed by atoms with Crippen molar-refractivity contribution in [3.63, 3.8) is 0 Å². The van der Waals surface area contributed by atoms with Crippen molar-refractivity contribution in [3.8, 4) is 0 Å².